The molecule has 0 spiro atoms. The molecule has 1 aromatic carbocycles. The third-order valence-corrected chi connectivity index (χ3v) is 2.47. The summed E-state index contributed by atoms with van der Waals surface area (Å²) in [5, 5.41) is 5.71. The number of aromatic nitrogens is 1. The summed E-state index contributed by atoms with van der Waals surface area (Å²) in [6.07, 6.45) is 1.55. The van der Waals surface area contributed by atoms with Crippen molar-refractivity contribution in [2.75, 3.05) is 17.2 Å². The molecule has 1 aromatic heterocycles. The van der Waals surface area contributed by atoms with Crippen molar-refractivity contribution in [1.82, 2.24) is 4.98 Å². The summed E-state index contributed by atoms with van der Waals surface area (Å²) in [6, 6.07) is 9.04. The summed E-state index contributed by atoms with van der Waals surface area (Å²) in [4.78, 5) is 16.0. The molecule has 0 unspecified atom stereocenters. The Morgan fingerprint density at radius 3 is 2.79 bits per heavy atom. The molecular formula is C14H14FN3O. The molecule has 0 aliphatic rings. The van der Waals surface area contributed by atoms with Gasteiger partial charge in [0.2, 0.25) is 0 Å². The fourth-order valence-corrected chi connectivity index (χ4v) is 1.59. The summed E-state index contributed by atoms with van der Waals surface area (Å²) >= 11 is 0. The molecule has 0 saturated heterocycles. The maximum Gasteiger partial charge on any atom is 0.255 e. The lowest BCUT2D eigenvalue weighted by Crippen LogP contribution is -2.12. The molecular weight excluding hydrogens is 245 g/mol. The average molecular weight is 259 g/mol. The second-order valence-corrected chi connectivity index (χ2v) is 3.93. The second-order valence-electron chi connectivity index (χ2n) is 3.93. The van der Waals surface area contributed by atoms with Gasteiger partial charge in [0.1, 0.15) is 11.6 Å². The van der Waals surface area contributed by atoms with Crippen molar-refractivity contribution >= 4 is 17.4 Å². The van der Waals surface area contributed by atoms with E-state index >= 15 is 0 Å². The highest BCUT2D eigenvalue weighted by Crippen LogP contribution is 2.12. The van der Waals surface area contributed by atoms with Crippen molar-refractivity contribution in [2.24, 2.45) is 0 Å². The highest BCUT2D eigenvalue weighted by molar-refractivity contribution is 6.04. The Kier molecular flexibility index (Phi) is 4.07. The van der Waals surface area contributed by atoms with Crippen LogP contribution in [0.3, 0.4) is 0 Å². The summed E-state index contributed by atoms with van der Waals surface area (Å²) < 4.78 is 13.0. The Balaban J connectivity index is 2.06. The fraction of sp³-hybridized carbons (Fsp3) is 0.143. The standard InChI is InChI=1S/C14H14FN3O/c1-2-16-13-7-6-12(9-17-13)18-14(19)10-4-3-5-11(15)8-10/h3-9H,2H2,1H3,(H,16,17)(H,18,19). The van der Waals surface area contributed by atoms with Gasteiger partial charge >= 0.3 is 0 Å². The van der Waals surface area contributed by atoms with Crippen LogP contribution in [0.2, 0.25) is 0 Å². The molecule has 1 heterocycles. The topological polar surface area (TPSA) is 54.0 Å². The minimum Gasteiger partial charge on any atom is -0.370 e. The molecule has 0 fully saturated rings. The maximum atomic E-state index is 13.0. The molecule has 2 aromatic rings. The quantitative estimate of drug-likeness (QED) is 0.887. The first-order chi connectivity index (χ1) is 9.19. The van der Waals surface area contributed by atoms with Crippen LogP contribution < -0.4 is 10.6 Å². The average Bonchev–Trinajstić information content (AvgIpc) is 2.41. The Morgan fingerprint density at radius 2 is 2.16 bits per heavy atom. The fourth-order valence-electron chi connectivity index (χ4n) is 1.59. The van der Waals surface area contributed by atoms with E-state index < -0.39 is 5.82 Å². The number of hydrogen-bond donors (Lipinski definition) is 2. The van der Waals surface area contributed by atoms with Crippen molar-refractivity contribution in [2.45, 2.75) is 6.92 Å². The summed E-state index contributed by atoms with van der Waals surface area (Å²) in [5.74, 6) is -0.0583. The van der Waals surface area contributed by atoms with E-state index in [1.54, 1.807) is 24.4 Å². The van der Waals surface area contributed by atoms with Gasteiger partial charge in [-0.15, -0.1) is 0 Å². The van der Waals surface area contributed by atoms with Gasteiger partial charge in [-0.05, 0) is 37.3 Å². The molecule has 0 saturated carbocycles. The van der Waals surface area contributed by atoms with Crippen molar-refractivity contribution in [1.29, 1.82) is 0 Å². The lowest BCUT2D eigenvalue weighted by atomic mass is 10.2. The third-order valence-electron chi connectivity index (χ3n) is 2.47. The molecule has 2 rings (SSSR count). The van der Waals surface area contributed by atoms with E-state index in [1.165, 1.54) is 18.2 Å². The van der Waals surface area contributed by atoms with Gasteiger partial charge in [0.25, 0.3) is 5.91 Å². The van der Waals surface area contributed by atoms with Crippen LogP contribution in [-0.2, 0) is 0 Å². The third kappa shape index (κ3) is 3.51. The number of halogens is 1. The van der Waals surface area contributed by atoms with Crippen molar-refractivity contribution in [3.8, 4) is 0 Å². The number of nitrogens with one attached hydrogen (secondary N) is 2. The number of carbonyl (C=O) groups excluding carboxylic acids is 1. The van der Waals surface area contributed by atoms with E-state index in [4.69, 9.17) is 0 Å². The molecule has 98 valence electrons. The van der Waals surface area contributed by atoms with Gasteiger partial charge in [-0.25, -0.2) is 9.37 Å². The van der Waals surface area contributed by atoms with Gasteiger partial charge in [-0.2, -0.15) is 0 Å². The van der Waals surface area contributed by atoms with E-state index in [0.717, 1.165) is 12.4 Å². The molecule has 0 aliphatic carbocycles. The highest BCUT2D eigenvalue weighted by atomic mass is 19.1. The van der Waals surface area contributed by atoms with Crippen LogP contribution in [-0.4, -0.2) is 17.4 Å². The Bertz CT molecular complexity index is 569. The highest BCUT2D eigenvalue weighted by Gasteiger charge is 2.07. The molecule has 0 aliphatic heterocycles. The SMILES string of the molecule is CCNc1ccc(NC(=O)c2cccc(F)c2)cn1. The molecule has 4 nitrogen and oxygen atoms in total. The minimum atomic E-state index is -0.437. The number of carbonyl (C=O) groups is 1. The lowest BCUT2D eigenvalue weighted by molar-refractivity contribution is 0.102. The monoisotopic (exact) mass is 259 g/mol. The molecule has 19 heavy (non-hydrogen) atoms. The maximum absolute atomic E-state index is 13.0. The smallest absolute Gasteiger partial charge is 0.255 e. The van der Waals surface area contributed by atoms with Crippen LogP contribution in [0.1, 0.15) is 17.3 Å². The van der Waals surface area contributed by atoms with E-state index in [1.807, 2.05) is 6.92 Å². The van der Waals surface area contributed by atoms with Crippen molar-refractivity contribution in [3.63, 3.8) is 0 Å². The molecule has 1 amide bonds. The largest absolute Gasteiger partial charge is 0.370 e. The number of hydrogen-bond acceptors (Lipinski definition) is 3. The van der Waals surface area contributed by atoms with Crippen molar-refractivity contribution < 1.29 is 9.18 Å². The number of benzene rings is 1. The number of rotatable bonds is 4. The first-order valence-electron chi connectivity index (χ1n) is 5.96. The molecule has 5 heteroatoms. The molecule has 2 N–H and O–H groups in total. The van der Waals surface area contributed by atoms with Gasteiger partial charge in [0, 0.05) is 12.1 Å². The van der Waals surface area contributed by atoms with Crippen LogP contribution in [0.4, 0.5) is 15.9 Å². The zero-order valence-corrected chi connectivity index (χ0v) is 10.5. The predicted molar refractivity (Wildman–Crippen MR) is 72.8 cm³/mol. The van der Waals surface area contributed by atoms with Gasteiger partial charge in [-0.1, -0.05) is 6.07 Å². The summed E-state index contributed by atoms with van der Waals surface area (Å²) in [5.41, 5.74) is 0.840. The zero-order valence-electron chi connectivity index (χ0n) is 10.5. The lowest BCUT2D eigenvalue weighted by Gasteiger charge is -2.06. The van der Waals surface area contributed by atoms with Crippen LogP contribution in [0.25, 0.3) is 0 Å². The van der Waals surface area contributed by atoms with E-state index in [9.17, 15) is 9.18 Å². The van der Waals surface area contributed by atoms with E-state index in [-0.39, 0.29) is 11.5 Å². The van der Waals surface area contributed by atoms with Crippen LogP contribution >= 0.6 is 0 Å². The van der Waals surface area contributed by atoms with Crippen LogP contribution in [0.15, 0.2) is 42.6 Å². The Morgan fingerprint density at radius 1 is 1.32 bits per heavy atom. The van der Waals surface area contributed by atoms with Gasteiger partial charge < -0.3 is 10.6 Å². The Labute approximate surface area is 110 Å². The van der Waals surface area contributed by atoms with Gasteiger partial charge in [-0.3, -0.25) is 4.79 Å². The molecule has 0 radical (unpaired) electrons. The normalized spacial score (nSPS) is 10.0. The zero-order chi connectivity index (χ0) is 13.7. The van der Waals surface area contributed by atoms with Crippen molar-refractivity contribution in [3.05, 3.63) is 54.0 Å². The first kappa shape index (κ1) is 13.0. The molecule has 0 atom stereocenters. The number of nitrogens with zero attached hydrogens (tertiary/aromatic N) is 1. The second kappa shape index (κ2) is 5.95. The van der Waals surface area contributed by atoms with E-state index in [0.29, 0.717) is 5.69 Å². The van der Waals surface area contributed by atoms with E-state index in [2.05, 4.69) is 15.6 Å². The minimum absolute atomic E-state index is 0.274. The number of anilines is 2. The predicted octanol–water partition coefficient (Wildman–Crippen LogP) is 2.90. The summed E-state index contributed by atoms with van der Waals surface area (Å²) in [7, 11) is 0. The van der Waals surface area contributed by atoms with Crippen LogP contribution in [0, 0.1) is 5.82 Å². The van der Waals surface area contributed by atoms with Gasteiger partial charge in [0.05, 0.1) is 11.9 Å². The van der Waals surface area contributed by atoms with Gasteiger partial charge in [0.15, 0.2) is 0 Å². The summed E-state index contributed by atoms with van der Waals surface area (Å²) in [6.45, 7) is 2.75. The van der Waals surface area contributed by atoms with Crippen LogP contribution in [0.5, 0.6) is 0 Å². The Hall–Kier alpha value is -2.43. The number of amides is 1. The number of pyridine rings is 1. The first-order valence-corrected chi connectivity index (χ1v) is 5.96. The molecule has 0 bridgehead atoms.